The monoisotopic (exact) mass is 225 g/mol. The lowest BCUT2D eigenvalue weighted by molar-refractivity contribution is 0.0211. The molecule has 90 valence electrons. The average molecular weight is 225 g/mol. The van der Waals surface area contributed by atoms with E-state index in [-0.39, 0.29) is 6.04 Å². The quantitative estimate of drug-likeness (QED) is 0.686. The zero-order valence-electron chi connectivity index (χ0n) is 10.1. The molecule has 1 aliphatic rings. The topological polar surface area (TPSA) is 49.8 Å². The Bertz CT molecular complexity index is 300. The summed E-state index contributed by atoms with van der Waals surface area (Å²) in [5, 5.41) is 9.53. The number of rotatable bonds is 1. The van der Waals surface area contributed by atoms with Crippen LogP contribution in [0.2, 0.25) is 0 Å². The molecule has 16 heavy (non-hydrogen) atoms. The van der Waals surface area contributed by atoms with Gasteiger partial charge in [-0.05, 0) is 27.2 Å². The van der Waals surface area contributed by atoms with Crippen LogP contribution in [0.4, 0.5) is 4.79 Å². The van der Waals surface area contributed by atoms with Crippen LogP contribution >= 0.6 is 0 Å². The highest BCUT2D eigenvalue weighted by atomic mass is 16.6. The molecule has 1 fully saturated rings. The number of aliphatic hydroxyl groups excluding tert-OH is 1. The number of aliphatic hydroxyl groups is 1. The predicted octanol–water partition coefficient (Wildman–Crippen LogP) is 1.38. The number of nitrogens with zero attached hydrogens (tertiary/aromatic N) is 1. The molecular formula is C12H19NO3. The van der Waals surface area contributed by atoms with Crippen LogP contribution < -0.4 is 0 Å². The zero-order valence-corrected chi connectivity index (χ0v) is 10.1. The van der Waals surface area contributed by atoms with Crippen LogP contribution in [0, 0.1) is 12.3 Å². The fourth-order valence-electron chi connectivity index (χ4n) is 1.77. The molecule has 1 amide bonds. The van der Waals surface area contributed by atoms with Gasteiger partial charge in [0.15, 0.2) is 0 Å². The van der Waals surface area contributed by atoms with Gasteiger partial charge in [-0.1, -0.05) is 0 Å². The maximum Gasteiger partial charge on any atom is 0.410 e. The normalized spacial score (nSPS) is 25.3. The van der Waals surface area contributed by atoms with Crippen molar-refractivity contribution in [1.29, 1.82) is 0 Å². The van der Waals surface area contributed by atoms with Crippen molar-refractivity contribution >= 4 is 6.09 Å². The van der Waals surface area contributed by atoms with Crippen molar-refractivity contribution in [2.24, 2.45) is 0 Å². The Morgan fingerprint density at radius 3 is 2.75 bits per heavy atom. The lowest BCUT2D eigenvalue weighted by atomic mass is 10.1. The van der Waals surface area contributed by atoms with E-state index in [1.165, 1.54) is 4.90 Å². The van der Waals surface area contributed by atoms with E-state index in [0.29, 0.717) is 19.4 Å². The summed E-state index contributed by atoms with van der Waals surface area (Å²) in [6, 6.07) is -0.102. The van der Waals surface area contributed by atoms with Gasteiger partial charge in [0, 0.05) is 12.5 Å². The van der Waals surface area contributed by atoms with Gasteiger partial charge in [0.1, 0.15) is 5.60 Å². The van der Waals surface area contributed by atoms with Gasteiger partial charge in [0.05, 0.1) is 12.6 Å². The molecule has 0 bridgehead atoms. The maximum atomic E-state index is 11.8. The zero-order chi connectivity index (χ0) is 12.3. The minimum atomic E-state index is -0.523. The van der Waals surface area contributed by atoms with Gasteiger partial charge in [0.25, 0.3) is 0 Å². The molecule has 1 N–H and O–H groups in total. The first-order valence-electron chi connectivity index (χ1n) is 5.44. The summed E-state index contributed by atoms with van der Waals surface area (Å²) < 4.78 is 5.25. The Balaban J connectivity index is 2.64. The second-order valence-corrected chi connectivity index (χ2v) is 5.08. The second-order valence-electron chi connectivity index (χ2n) is 5.08. The fraction of sp³-hybridized carbons (Fsp3) is 0.750. The summed E-state index contributed by atoms with van der Waals surface area (Å²) in [6.45, 7) is 5.75. The number of β-amino-alcohol motifs (C(OH)–C–C–N with tert-alkyl or cyclic N) is 1. The molecule has 0 aromatic rings. The van der Waals surface area contributed by atoms with Gasteiger partial charge >= 0.3 is 6.09 Å². The Morgan fingerprint density at radius 1 is 1.62 bits per heavy atom. The molecule has 0 aliphatic carbocycles. The molecule has 4 heteroatoms. The first-order valence-corrected chi connectivity index (χ1v) is 5.44. The first-order chi connectivity index (χ1) is 7.33. The summed E-state index contributed by atoms with van der Waals surface area (Å²) in [4.78, 5) is 13.3. The lowest BCUT2D eigenvalue weighted by Gasteiger charge is -2.27. The number of likely N-dealkylation sites (tertiary alicyclic amines) is 1. The molecule has 1 aliphatic heterocycles. The number of hydrogen-bond acceptors (Lipinski definition) is 3. The van der Waals surface area contributed by atoms with Crippen LogP contribution in [0.5, 0.6) is 0 Å². The van der Waals surface area contributed by atoms with Crippen molar-refractivity contribution in [2.45, 2.75) is 51.4 Å². The molecule has 2 atom stereocenters. The predicted molar refractivity (Wildman–Crippen MR) is 60.8 cm³/mol. The number of terminal acetylenes is 1. The van der Waals surface area contributed by atoms with Gasteiger partial charge in [-0.3, -0.25) is 0 Å². The molecule has 0 saturated carbocycles. The van der Waals surface area contributed by atoms with Crippen molar-refractivity contribution in [2.75, 3.05) is 6.54 Å². The maximum absolute atomic E-state index is 11.8. The first kappa shape index (κ1) is 12.9. The van der Waals surface area contributed by atoms with E-state index >= 15 is 0 Å². The highest BCUT2D eigenvalue weighted by Gasteiger charge is 2.36. The molecule has 4 nitrogen and oxygen atoms in total. The van der Waals surface area contributed by atoms with E-state index in [1.807, 2.05) is 20.8 Å². The van der Waals surface area contributed by atoms with E-state index in [4.69, 9.17) is 11.2 Å². The lowest BCUT2D eigenvalue weighted by Crippen LogP contribution is -2.40. The third-order valence-electron chi connectivity index (χ3n) is 2.37. The van der Waals surface area contributed by atoms with Gasteiger partial charge in [0.2, 0.25) is 0 Å². The number of ether oxygens (including phenoxy) is 1. The molecule has 1 rings (SSSR count). The van der Waals surface area contributed by atoms with Crippen molar-refractivity contribution in [3.05, 3.63) is 0 Å². The average Bonchev–Trinajstić information content (AvgIpc) is 2.44. The van der Waals surface area contributed by atoms with Crippen LogP contribution in [-0.4, -0.2) is 40.4 Å². The second kappa shape index (κ2) is 4.75. The van der Waals surface area contributed by atoms with E-state index in [0.717, 1.165) is 0 Å². The molecular weight excluding hydrogens is 206 g/mol. The fourth-order valence-corrected chi connectivity index (χ4v) is 1.77. The van der Waals surface area contributed by atoms with Crippen molar-refractivity contribution < 1.29 is 14.6 Å². The Morgan fingerprint density at radius 2 is 2.25 bits per heavy atom. The van der Waals surface area contributed by atoms with Crippen molar-refractivity contribution in [3.63, 3.8) is 0 Å². The third-order valence-corrected chi connectivity index (χ3v) is 2.37. The summed E-state index contributed by atoms with van der Waals surface area (Å²) in [5.74, 6) is 2.52. The number of amides is 1. The molecule has 0 unspecified atom stereocenters. The van der Waals surface area contributed by atoms with E-state index in [1.54, 1.807) is 0 Å². The van der Waals surface area contributed by atoms with E-state index in [2.05, 4.69) is 5.92 Å². The van der Waals surface area contributed by atoms with Crippen LogP contribution in [0.25, 0.3) is 0 Å². The van der Waals surface area contributed by atoms with Crippen LogP contribution in [0.3, 0.4) is 0 Å². The summed E-state index contributed by atoms with van der Waals surface area (Å²) in [6.07, 6.45) is 5.33. The smallest absolute Gasteiger partial charge is 0.410 e. The number of carbonyl (C=O) groups excluding carboxylic acids is 1. The largest absolute Gasteiger partial charge is 0.444 e. The summed E-state index contributed by atoms with van der Waals surface area (Å²) in [7, 11) is 0. The molecule has 0 radical (unpaired) electrons. The summed E-state index contributed by atoms with van der Waals surface area (Å²) >= 11 is 0. The van der Waals surface area contributed by atoms with Crippen molar-refractivity contribution in [1.82, 2.24) is 4.90 Å². The van der Waals surface area contributed by atoms with Gasteiger partial charge in [-0.15, -0.1) is 12.3 Å². The molecule has 0 aromatic carbocycles. The third kappa shape index (κ3) is 3.42. The highest BCUT2D eigenvalue weighted by Crippen LogP contribution is 2.22. The summed E-state index contributed by atoms with van der Waals surface area (Å²) in [5.41, 5.74) is -0.523. The number of hydrogen-bond donors (Lipinski definition) is 1. The van der Waals surface area contributed by atoms with E-state index in [9.17, 15) is 9.90 Å². The van der Waals surface area contributed by atoms with Gasteiger partial charge < -0.3 is 14.7 Å². The molecule has 0 aromatic heterocycles. The van der Waals surface area contributed by atoms with Crippen LogP contribution in [-0.2, 0) is 4.74 Å². The SMILES string of the molecule is C#CC[C@H]1C[C@H](O)CN1C(=O)OC(C)(C)C. The minimum absolute atomic E-state index is 0.102. The highest BCUT2D eigenvalue weighted by molar-refractivity contribution is 5.69. The Labute approximate surface area is 96.6 Å². The van der Waals surface area contributed by atoms with E-state index < -0.39 is 17.8 Å². The van der Waals surface area contributed by atoms with Gasteiger partial charge in [-0.2, -0.15) is 0 Å². The number of carbonyl (C=O) groups is 1. The van der Waals surface area contributed by atoms with Crippen LogP contribution in [0.1, 0.15) is 33.6 Å². The Kier molecular flexibility index (Phi) is 3.82. The Hall–Kier alpha value is -1.21. The standard InChI is InChI=1S/C12H19NO3/c1-5-6-9-7-10(14)8-13(9)11(15)16-12(2,3)4/h1,9-10,14H,6-8H2,2-4H3/t9-,10-/m0/s1. The molecule has 0 spiro atoms. The molecule has 1 saturated heterocycles. The molecule has 1 heterocycles. The van der Waals surface area contributed by atoms with Gasteiger partial charge in [-0.25, -0.2) is 4.79 Å². The minimum Gasteiger partial charge on any atom is -0.444 e. The van der Waals surface area contributed by atoms with Crippen molar-refractivity contribution in [3.8, 4) is 12.3 Å². The van der Waals surface area contributed by atoms with Crippen LogP contribution in [0.15, 0.2) is 0 Å².